The molecule has 0 saturated carbocycles. The van der Waals surface area contributed by atoms with Crippen molar-refractivity contribution in [3.05, 3.63) is 11.8 Å². The monoisotopic (exact) mass is 276 g/mol. The Morgan fingerprint density at radius 1 is 1.37 bits per heavy atom. The number of anilines is 2. The molecule has 2 heterocycles. The van der Waals surface area contributed by atoms with Crippen molar-refractivity contribution < 1.29 is 17.9 Å². The van der Waals surface area contributed by atoms with Crippen molar-refractivity contribution in [3.63, 3.8) is 0 Å². The number of nitrogens with one attached hydrogen (secondary N) is 2. The summed E-state index contributed by atoms with van der Waals surface area (Å²) in [6, 6.07) is 0.907. The first kappa shape index (κ1) is 13.9. The molecule has 0 spiro atoms. The minimum Gasteiger partial charge on any atom is -0.379 e. The molecule has 2 rings (SSSR count). The number of hydrogen-bond donors (Lipinski definition) is 2. The summed E-state index contributed by atoms with van der Waals surface area (Å²) in [5, 5.41) is 5.51. The summed E-state index contributed by atoms with van der Waals surface area (Å²) in [4.78, 5) is 7.39. The van der Waals surface area contributed by atoms with Gasteiger partial charge in [-0.05, 0) is 13.3 Å². The average Bonchev–Trinajstić information content (AvgIpc) is 2.74. The lowest BCUT2D eigenvalue weighted by Crippen LogP contribution is -2.35. The lowest BCUT2D eigenvalue weighted by molar-refractivity contribution is -0.141. The minimum atomic E-state index is -4.50. The van der Waals surface area contributed by atoms with Gasteiger partial charge in [-0.1, -0.05) is 0 Å². The van der Waals surface area contributed by atoms with Gasteiger partial charge in [0.2, 0.25) is 5.95 Å². The third-order valence-corrected chi connectivity index (χ3v) is 2.89. The molecule has 0 radical (unpaired) electrons. The molecule has 1 atom stereocenters. The Kier molecular flexibility index (Phi) is 3.53. The zero-order valence-corrected chi connectivity index (χ0v) is 10.6. The molecule has 1 fully saturated rings. The van der Waals surface area contributed by atoms with E-state index in [9.17, 15) is 13.2 Å². The van der Waals surface area contributed by atoms with Gasteiger partial charge >= 0.3 is 6.18 Å². The van der Waals surface area contributed by atoms with Crippen molar-refractivity contribution in [2.24, 2.45) is 0 Å². The predicted molar refractivity (Wildman–Crippen MR) is 64.0 cm³/mol. The summed E-state index contributed by atoms with van der Waals surface area (Å²) in [5.41, 5.74) is -1.38. The fourth-order valence-corrected chi connectivity index (χ4v) is 1.84. The van der Waals surface area contributed by atoms with Crippen molar-refractivity contribution >= 4 is 11.8 Å². The number of alkyl halides is 3. The fraction of sp³-hybridized carbons (Fsp3) is 0.636. The van der Waals surface area contributed by atoms with E-state index in [-0.39, 0.29) is 11.8 Å². The van der Waals surface area contributed by atoms with E-state index < -0.39 is 17.4 Å². The molecule has 0 amide bonds. The van der Waals surface area contributed by atoms with Crippen LogP contribution in [0.5, 0.6) is 0 Å². The quantitative estimate of drug-likeness (QED) is 0.885. The zero-order chi connectivity index (χ0) is 14.1. The summed E-state index contributed by atoms with van der Waals surface area (Å²) >= 11 is 0. The van der Waals surface area contributed by atoms with Crippen LogP contribution < -0.4 is 10.6 Å². The van der Waals surface area contributed by atoms with Gasteiger partial charge in [0.05, 0.1) is 12.1 Å². The van der Waals surface area contributed by atoms with Crippen LogP contribution in [0.1, 0.15) is 19.0 Å². The number of rotatable bonds is 3. The number of hydrogen-bond acceptors (Lipinski definition) is 5. The second-order valence-electron chi connectivity index (χ2n) is 4.70. The van der Waals surface area contributed by atoms with Crippen LogP contribution in [-0.4, -0.2) is 35.8 Å². The molecule has 1 aromatic rings. The number of aromatic nitrogens is 2. The van der Waals surface area contributed by atoms with Crippen molar-refractivity contribution in [3.8, 4) is 0 Å². The maximum absolute atomic E-state index is 12.7. The van der Waals surface area contributed by atoms with Crippen LogP contribution in [0.4, 0.5) is 24.9 Å². The first-order chi connectivity index (χ1) is 8.82. The molecule has 1 aliphatic rings. The van der Waals surface area contributed by atoms with Crippen molar-refractivity contribution in [2.45, 2.75) is 25.1 Å². The molecular weight excluding hydrogens is 261 g/mol. The summed E-state index contributed by atoms with van der Waals surface area (Å²) in [5.74, 6) is 0.0690. The predicted octanol–water partition coefficient (Wildman–Crippen LogP) is 2.13. The van der Waals surface area contributed by atoms with Crippen LogP contribution in [0.15, 0.2) is 6.07 Å². The highest BCUT2D eigenvalue weighted by Crippen LogP contribution is 2.31. The highest BCUT2D eigenvalue weighted by Gasteiger charge is 2.35. The van der Waals surface area contributed by atoms with Crippen molar-refractivity contribution in [1.82, 2.24) is 9.97 Å². The van der Waals surface area contributed by atoms with Crippen LogP contribution in [0.3, 0.4) is 0 Å². The smallest absolute Gasteiger partial charge is 0.379 e. The third-order valence-electron chi connectivity index (χ3n) is 2.89. The van der Waals surface area contributed by atoms with E-state index in [4.69, 9.17) is 4.74 Å². The van der Waals surface area contributed by atoms with Gasteiger partial charge in [0, 0.05) is 19.7 Å². The van der Waals surface area contributed by atoms with E-state index in [2.05, 4.69) is 20.6 Å². The lowest BCUT2D eigenvalue weighted by Gasteiger charge is -2.24. The molecule has 8 heteroatoms. The maximum Gasteiger partial charge on any atom is 0.433 e. The van der Waals surface area contributed by atoms with Crippen LogP contribution in [0.25, 0.3) is 0 Å². The summed E-state index contributed by atoms with van der Waals surface area (Å²) in [7, 11) is 1.47. The van der Waals surface area contributed by atoms with Gasteiger partial charge in [-0.2, -0.15) is 18.2 Å². The molecule has 0 bridgehead atoms. The van der Waals surface area contributed by atoms with E-state index in [1.807, 2.05) is 6.92 Å². The molecule has 0 aliphatic carbocycles. The van der Waals surface area contributed by atoms with Gasteiger partial charge in [0.15, 0.2) is 5.69 Å². The summed E-state index contributed by atoms with van der Waals surface area (Å²) < 4.78 is 43.4. The average molecular weight is 276 g/mol. The standard InChI is InChI=1S/C11H15F3N4O/c1-10(3-4-19-6-10)18-8-5-7(11(12,13)14)16-9(15-2)17-8/h5H,3-4,6H2,1-2H3,(H2,15,16,17,18). The van der Waals surface area contributed by atoms with Crippen LogP contribution in [0.2, 0.25) is 0 Å². The van der Waals surface area contributed by atoms with E-state index in [1.54, 1.807) is 0 Å². The number of nitrogens with zero attached hydrogens (tertiary/aromatic N) is 2. The van der Waals surface area contributed by atoms with Gasteiger partial charge in [-0.25, -0.2) is 4.98 Å². The fourth-order valence-electron chi connectivity index (χ4n) is 1.84. The van der Waals surface area contributed by atoms with E-state index >= 15 is 0 Å². The Morgan fingerprint density at radius 3 is 2.63 bits per heavy atom. The number of ether oxygens (including phenoxy) is 1. The van der Waals surface area contributed by atoms with Gasteiger partial charge in [0.1, 0.15) is 5.82 Å². The van der Waals surface area contributed by atoms with Crippen LogP contribution in [-0.2, 0) is 10.9 Å². The maximum atomic E-state index is 12.7. The van der Waals surface area contributed by atoms with Gasteiger partial charge in [-0.3, -0.25) is 0 Å². The molecule has 0 aromatic carbocycles. The Hall–Kier alpha value is -1.57. The van der Waals surface area contributed by atoms with E-state index in [1.165, 1.54) is 7.05 Å². The second-order valence-corrected chi connectivity index (χ2v) is 4.70. The molecule has 2 N–H and O–H groups in total. The first-order valence-corrected chi connectivity index (χ1v) is 5.82. The topological polar surface area (TPSA) is 59.1 Å². The van der Waals surface area contributed by atoms with E-state index in [0.717, 1.165) is 6.07 Å². The molecule has 5 nitrogen and oxygen atoms in total. The molecule has 19 heavy (non-hydrogen) atoms. The van der Waals surface area contributed by atoms with E-state index in [0.29, 0.717) is 19.6 Å². The molecule has 1 aliphatic heterocycles. The Balaban J connectivity index is 2.29. The molecule has 1 unspecified atom stereocenters. The van der Waals surface area contributed by atoms with Gasteiger partial charge < -0.3 is 15.4 Å². The summed E-state index contributed by atoms with van der Waals surface area (Å²) in [6.07, 6.45) is -3.79. The Bertz CT molecular complexity index is 458. The Morgan fingerprint density at radius 2 is 2.11 bits per heavy atom. The van der Waals surface area contributed by atoms with Crippen molar-refractivity contribution in [2.75, 3.05) is 30.9 Å². The zero-order valence-electron chi connectivity index (χ0n) is 10.6. The summed E-state index contributed by atoms with van der Waals surface area (Å²) in [6.45, 7) is 2.90. The largest absolute Gasteiger partial charge is 0.433 e. The van der Waals surface area contributed by atoms with Gasteiger partial charge in [0.25, 0.3) is 0 Å². The second kappa shape index (κ2) is 4.84. The molecule has 1 saturated heterocycles. The van der Waals surface area contributed by atoms with Crippen LogP contribution in [0, 0.1) is 0 Å². The molecular formula is C11H15F3N4O. The molecule has 1 aromatic heterocycles. The highest BCUT2D eigenvalue weighted by atomic mass is 19.4. The Labute approximate surface area is 108 Å². The number of halogens is 3. The SMILES string of the molecule is CNc1nc(NC2(C)CCOC2)cc(C(F)(F)F)n1. The molecule has 106 valence electrons. The van der Waals surface area contributed by atoms with Crippen molar-refractivity contribution in [1.29, 1.82) is 0 Å². The van der Waals surface area contributed by atoms with Gasteiger partial charge in [-0.15, -0.1) is 0 Å². The third kappa shape index (κ3) is 3.25. The normalized spacial score (nSPS) is 23.4. The van der Waals surface area contributed by atoms with Crippen LogP contribution >= 0.6 is 0 Å². The highest BCUT2D eigenvalue weighted by molar-refractivity contribution is 5.45. The lowest BCUT2D eigenvalue weighted by atomic mass is 10.0. The minimum absolute atomic E-state index is 0.0696. The first-order valence-electron chi connectivity index (χ1n) is 5.82.